The van der Waals surface area contributed by atoms with Crippen LogP contribution in [0, 0.1) is 11.7 Å². The summed E-state index contributed by atoms with van der Waals surface area (Å²) in [5.74, 6) is 0.127. The molecule has 17 heavy (non-hydrogen) atoms. The van der Waals surface area contributed by atoms with Crippen LogP contribution in [-0.2, 0) is 6.42 Å². The van der Waals surface area contributed by atoms with E-state index in [1.165, 1.54) is 6.07 Å². The van der Waals surface area contributed by atoms with Crippen LogP contribution in [0.5, 0.6) is 0 Å². The number of rotatable bonds is 2. The van der Waals surface area contributed by atoms with Crippen LogP contribution in [-0.4, -0.2) is 4.98 Å². The van der Waals surface area contributed by atoms with Crippen molar-refractivity contribution in [3.05, 3.63) is 39.2 Å². The Labute approximate surface area is 113 Å². The highest BCUT2D eigenvalue weighted by molar-refractivity contribution is 9.10. The van der Waals surface area contributed by atoms with E-state index >= 15 is 0 Å². The molecule has 0 bridgehead atoms. The van der Waals surface area contributed by atoms with Crippen molar-refractivity contribution in [3.8, 4) is 0 Å². The van der Waals surface area contributed by atoms with E-state index < -0.39 is 0 Å². The molecule has 0 aliphatic carbocycles. The largest absolute Gasteiger partial charge is 0.250 e. The molecule has 0 fully saturated rings. The topological polar surface area (TPSA) is 12.9 Å². The third-order valence-corrected chi connectivity index (χ3v) is 3.44. The number of hydrogen-bond donors (Lipinski definition) is 0. The van der Waals surface area contributed by atoms with E-state index in [1.807, 2.05) is 6.07 Å². The van der Waals surface area contributed by atoms with Crippen molar-refractivity contribution in [1.29, 1.82) is 0 Å². The van der Waals surface area contributed by atoms with Gasteiger partial charge in [0.1, 0.15) is 11.3 Å². The molecule has 0 atom stereocenters. The Morgan fingerprint density at radius 2 is 2.12 bits per heavy atom. The maximum atomic E-state index is 13.7. The number of pyridine rings is 1. The van der Waals surface area contributed by atoms with Crippen LogP contribution in [0.4, 0.5) is 4.39 Å². The predicted molar refractivity (Wildman–Crippen MR) is 73.0 cm³/mol. The van der Waals surface area contributed by atoms with Crippen molar-refractivity contribution >= 4 is 38.4 Å². The average molecular weight is 317 g/mol. The van der Waals surface area contributed by atoms with Gasteiger partial charge in [-0.2, -0.15) is 0 Å². The van der Waals surface area contributed by atoms with Crippen LogP contribution in [0.2, 0.25) is 5.02 Å². The van der Waals surface area contributed by atoms with E-state index in [1.54, 1.807) is 6.07 Å². The highest BCUT2D eigenvalue weighted by atomic mass is 79.9. The molecule has 0 amide bonds. The Morgan fingerprint density at radius 3 is 2.76 bits per heavy atom. The van der Waals surface area contributed by atoms with Gasteiger partial charge in [0.15, 0.2) is 0 Å². The van der Waals surface area contributed by atoms with Gasteiger partial charge in [0.05, 0.1) is 5.02 Å². The summed E-state index contributed by atoms with van der Waals surface area (Å²) >= 11 is 9.55. The second-order valence-corrected chi connectivity index (χ2v) is 5.71. The van der Waals surface area contributed by atoms with Gasteiger partial charge in [0.2, 0.25) is 0 Å². The zero-order valence-electron chi connectivity index (χ0n) is 9.60. The number of aromatic nitrogens is 1. The van der Waals surface area contributed by atoms with Crippen molar-refractivity contribution in [2.24, 2.45) is 5.92 Å². The van der Waals surface area contributed by atoms with Crippen LogP contribution in [0.3, 0.4) is 0 Å². The van der Waals surface area contributed by atoms with Gasteiger partial charge in [-0.1, -0.05) is 41.4 Å². The third-order valence-electron chi connectivity index (χ3n) is 2.48. The maximum absolute atomic E-state index is 13.7. The lowest BCUT2D eigenvalue weighted by Gasteiger charge is -2.09. The zero-order chi connectivity index (χ0) is 12.6. The summed E-state index contributed by atoms with van der Waals surface area (Å²) in [4.78, 5) is 4.35. The van der Waals surface area contributed by atoms with Crippen LogP contribution in [0.25, 0.3) is 10.9 Å². The molecule has 90 valence electrons. The minimum atomic E-state index is -0.337. The number of fused-ring (bicyclic) bond motifs is 1. The zero-order valence-corrected chi connectivity index (χ0v) is 11.9. The predicted octanol–water partition coefficient (Wildman–Crippen LogP) is 4.99. The molecule has 0 saturated carbocycles. The van der Waals surface area contributed by atoms with Gasteiger partial charge in [-0.25, -0.2) is 9.37 Å². The first-order valence-corrected chi connectivity index (χ1v) is 6.59. The van der Waals surface area contributed by atoms with E-state index in [4.69, 9.17) is 11.6 Å². The fraction of sp³-hybridized carbons (Fsp3) is 0.308. The van der Waals surface area contributed by atoms with Crippen LogP contribution in [0.15, 0.2) is 22.7 Å². The monoisotopic (exact) mass is 315 g/mol. The molecular weight excluding hydrogens is 305 g/mol. The molecule has 1 aromatic carbocycles. The van der Waals surface area contributed by atoms with Crippen molar-refractivity contribution in [1.82, 2.24) is 4.98 Å². The number of nitrogens with zero attached hydrogens (tertiary/aromatic N) is 1. The standard InChI is InChI=1S/C13H12BrClFN/c1-7(2)5-8-6-10(15)12-9(14)3-4-11(16)13(12)17-8/h3-4,6-7H,5H2,1-2H3. The van der Waals surface area contributed by atoms with Crippen molar-refractivity contribution < 1.29 is 4.39 Å². The quantitative estimate of drug-likeness (QED) is 0.760. The van der Waals surface area contributed by atoms with E-state index in [0.29, 0.717) is 21.8 Å². The molecule has 1 nitrogen and oxygen atoms in total. The maximum Gasteiger partial charge on any atom is 0.149 e. The SMILES string of the molecule is CC(C)Cc1cc(Cl)c2c(Br)ccc(F)c2n1. The summed E-state index contributed by atoms with van der Waals surface area (Å²) in [6, 6.07) is 4.86. The van der Waals surface area contributed by atoms with Gasteiger partial charge in [-0.15, -0.1) is 0 Å². The first-order chi connectivity index (χ1) is 7.99. The summed E-state index contributed by atoms with van der Waals surface area (Å²) in [5, 5.41) is 1.18. The minimum absolute atomic E-state index is 0.336. The van der Waals surface area contributed by atoms with E-state index in [0.717, 1.165) is 16.6 Å². The first-order valence-electron chi connectivity index (χ1n) is 5.42. The molecule has 0 aliphatic rings. The molecule has 2 aromatic rings. The van der Waals surface area contributed by atoms with Gasteiger partial charge in [-0.05, 0) is 30.5 Å². The molecule has 0 saturated heterocycles. The normalized spacial score (nSPS) is 11.4. The van der Waals surface area contributed by atoms with Crippen molar-refractivity contribution in [2.75, 3.05) is 0 Å². The smallest absolute Gasteiger partial charge is 0.149 e. The third kappa shape index (κ3) is 2.61. The second-order valence-electron chi connectivity index (χ2n) is 4.45. The molecule has 0 unspecified atom stereocenters. The lowest BCUT2D eigenvalue weighted by Crippen LogP contribution is -1.99. The Hall–Kier alpha value is -0.670. The molecule has 0 spiro atoms. The van der Waals surface area contributed by atoms with E-state index in [-0.39, 0.29) is 5.82 Å². The minimum Gasteiger partial charge on any atom is -0.250 e. The summed E-state index contributed by atoms with van der Waals surface area (Å²) in [7, 11) is 0. The summed E-state index contributed by atoms with van der Waals surface area (Å²) in [5.41, 5.74) is 1.16. The second kappa shape index (κ2) is 4.91. The Morgan fingerprint density at radius 1 is 1.41 bits per heavy atom. The highest BCUT2D eigenvalue weighted by Gasteiger charge is 2.12. The first kappa shape index (κ1) is 12.8. The fourth-order valence-electron chi connectivity index (χ4n) is 1.79. The Bertz CT molecular complexity index is 569. The molecular formula is C13H12BrClFN. The van der Waals surface area contributed by atoms with Gasteiger partial charge in [0.25, 0.3) is 0 Å². The van der Waals surface area contributed by atoms with Gasteiger partial charge in [0, 0.05) is 15.6 Å². The van der Waals surface area contributed by atoms with Crippen molar-refractivity contribution in [2.45, 2.75) is 20.3 Å². The fourth-order valence-corrected chi connectivity index (χ4v) is 2.76. The summed E-state index contributed by atoms with van der Waals surface area (Å²) in [6.07, 6.45) is 0.793. The number of halogens is 3. The average Bonchev–Trinajstić information content (AvgIpc) is 2.22. The van der Waals surface area contributed by atoms with Crippen LogP contribution in [0.1, 0.15) is 19.5 Å². The Kier molecular flexibility index (Phi) is 3.69. The summed E-state index contributed by atoms with van der Waals surface area (Å²) in [6.45, 7) is 4.19. The van der Waals surface area contributed by atoms with Gasteiger partial charge < -0.3 is 0 Å². The molecule has 2 rings (SSSR count). The van der Waals surface area contributed by atoms with Gasteiger partial charge >= 0.3 is 0 Å². The van der Waals surface area contributed by atoms with E-state index in [9.17, 15) is 4.39 Å². The molecule has 4 heteroatoms. The number of benzene rings is 1. The molecule has 0 radical (unpaired) electrons. The van der Waals surface area contributed by atoms with Crippen LogP contribution < -0.4 is 0 Å². The molecule has 0 N–H and O–H groups in total. The number of hydrogen-bond acceptors (Lipinski definition) is 1. The molecule has 0 aliphatic heterocycles. The van der Waals surface area contributed by atoms with E-state index in [2.05, 4.69) is 34.8 Å². The van der Waals surface area contributed by atoms with Gasteiger partial charge in [-0.3, -0.25) is 0 Å². The van der Waals surface area contributed by atoms with Crippen molar-refractivity contribution in [3.63, 3.8) is 0 Å². The molecule has 1 heterocycles. The Balaban J connectivity index is 2.68. The summed E-state index contributed by atoms with van der Waals surface area (Å²) < 4.78 is 14.5. The molecule has 1 aromatic heterocycles. The highest BCUT2D eigenvalue weighted by Crippen LogP contribution is 2.32. The van der Waals surface area contributed by atoms with Crippen LogP contribution >= 0.6 is 27.5 Å². The lowest BCUT2D eigenvalue weighted by atomic mass is 10.1. The lowest BCUT2D eigenvalue weighted by molar-refractivity contribution is 0.625.